The Morgan fingerprint density at radius 3 is 2.63 bits per heavy atom. The van der Waals surface area contributed by atoms with E-state index in [1.165, 1.54) is 17.7 Å². The first-order valence-corrected chi connectivity index (χ1v) is 8.96. The molecule has 0 aliphatic rings. The van der Waals surface area contributed by atoms with E-state index in [1.807, 2.05) is 30.0 Å². The predicted octanol–water partition coefficient (Wildman–Crippen LogP) is 4.16. The summed E-state index contributed by atoms with van der Waals surface area (Å²) in [5.41, 5.74) is 6.33. The second-order valence-corrected chi connectivity index (χ2v) is 7.19. The Morgan fingerprint density at radius 1 is 1.37 bits per heavy atom. The van der Waals surface area contributed by atoms with Gasteiger partial charge in [-0.15, -0.1) is 11.8 Å². The van der Waals surface area contributed by atoms with Gasteiger partial charge in [-0.2, -0.15) is 0 Å². The molecule has 106 valence electrons. The van der Waals surface area contributed by atoms with Crippen molar-refractivity contribution in [2.24, 2.45) is 11.7 Å². The minimum absolute atomic E-state index is 0.128. The van der Waals surface area contributed by atoms with Crippen LogP contribution < -0.4 is 5.73 Å². The largest absolute Gasteiger partial charge is 0.329 e. The molecular formula is C15H22INOS. The minimum Gasteiger partial charge on any atom is -0.329 e. The van der Waals surface area contributed by atoms with E-state index >= 15 is 0 Å². The molecule has 1 rings (SSSR count). The molecule has 0 saturated heterocycles. The lowest BCUT2D eigenvalue weighted by molar-refractivity contribution is 0.0996. The van der Waals surface area contributed by atoms with E-state index in [2.05, 4.69) is 42.5 Å². The number of nitrogens with two attached hydrogens (primary N) is 1. The summed E-state index contributed by atoms with van der Waals surface area (Å²) >= 11 is 3.95. The number of rotatable bonds is 8. The van der Waals surface area contributed by atoms with Crippen molar-refractivity contribution < 1.29 is 4.79 Å². The summed E-state index contributed by atoms with van der Waals surface area (Å²) in [5.74, 6) is 2.01. The summed E-state index contributed by atoms with van der Waals surface area (Å²) in [7, 11) is 0. The first kappa shape index (κ1) is 17.0. The fraction of sp³-hybridized carbons (Fsp3) is 0.533. The van der Waals surface area contributed by atoms with E-state index in [0.29, 0.717) is 6.54 Å². The Labute approximate surface area is 134 Å². The van der Waals surface area contributed by atoms with Gasteiger partial charge in [-0.1, -0.05) is 61.4 Å². The number of hydrogen-bond donors (Lipinski definition) is 1. The molecule has 19 heavy (non-hydrogen) atoms. The molecule has 1 aromatic carbocycles. The van der Waals surface area contributed by atoms with Crippen molar-refractivity contribution >= 4 is 40.1 Å². The Kier molecular flexibility index (Phi) is 8.02. The average Bonchev–Trinajstić information content (AvgIpc) is 2.47. The van der Waals surface area contributed by atoms with Crippen molar-refractivity contribution in [2.45, 2.75) is 35.5 Å². The summed E-state index contributed by atoms with van der Waals surface area (Å²) in [6.07, 6.45) is 2.43. The summed E-state index contributed by atoms with van der Waals surface area (Å²) in [6.45, 7) is 4.86. The number of Topliss-reactive ketones (excluding diaryl/α,β-unsaturated/α-hetero) is 1. The second-order valence-electron chi connectivity index (χ2n) is 4.59. The standard InChI is InChI=1S/C15H22INOS/c1-3-11(4-2)10-19-13-7-5-6-12(8-13)15(18)14(16)9-17/h5-8,11,14H,3-4,9-10,17H2,1-2H3. The lowest BCUT2D eigenvalue weighted by Crippen LogP contribution is -2.23. The van der Waals surface area contributed by atoms with Crippen LogP contribution in [0.1, 0.15) is 37.0 Å². The monoisotopic (exact) mass is 391 g/mol. The number of thioether (sulfide) groups is 1. The van der Waals surface area contributed by atoms with E-state index in [9.17, 15) is 4.79 Å². The Morgan fingerprint density at radius 2 is 2.05 bits per heavy atom. The number of carbonyl (C=O) groups excluding carboxylic acids is 1. The topological polar surface area (TPSA) is 43.1 Å². The Hall–Kier alpha value is -0.0700. The van der Waals surface area contributed by atoms with E-state index in [1.54, 1.807) is 0 Å². The summed E-state index contributed by atoms with van der Waals surface area (Å²) in [6, 6.07) is 7.92. The van der Waals surface area contributed by atoms with Crippen LogP contribution in [0, 0.1) is 5.92 Å². The Bertz CT molecular complexity index is 407. The van der Waals surface area contributed by atoms with Crippen LogP contribution in [0.25, 0.3) is 0 Å². The molecule has 2 nitrogen and oxygen atoms in total. The molecule has 0 bridgehead atoms. The number of benzene rings is 1. The SMILES string of the molecule is CCC(CC)CSc1cccc(C(=O)C(I)CN)c1. The maximum absolute atomic E-state index is 12.1. The van der Waals surface area contributed by atoms with Gasteiger partial charge < -0.3 is 5.73 Å². The quantitative estimate of drug-likeness (QED) is 0.313. The van der Waals surface area contributed by atoms with E-state index in [0.717, 1.165) is 17.2 Å². The van der Waals surface area contributed by atoms with Crippen LogP contribution in [-0.4, -0.2) is 22.0 Å². The van der Waals surface area contributed by atoms with Gasteiger partial charge in [0.1, 0.15) is 0 Å². The van der Waals surface area contributed by atoms with E-state index in [4.69, 9.17) is 5.73 Å². The fourth-order valence-corrected chi connectivity index (χ4v) is 3.41. The molecule has 0 radical (unpaired) electrons. The van der Waals surface area contributed by atoms with Crippen molar-refractivity contribution in [3.05, 3.63) is 29.8 Å². The van der Waals surface area contributed by atoms with Gasteiger partial charge in [0.05, 0.1) is 3.92 Å². The highest BCUT2D eigenvalue weighted by atomic mass is 127. The maximum Gasteiger partial charge on any atom is 0.176 e. The van der Waals surface area contributed by atoms with Crippen LogP contribution in [0.5, 0.6) is 0 Å². The van der Waals surface area contributed by atoms with Gasteiger partial charge in [0.2, 0.25) is 0 Å². The smallest absolute Gasteiger partial charge is 0.176 e. The van der Waals surface area contributed by atoms with Crippen molar-refractivity contribution in [3.63, 3.8) is 0 Å². The maximum atomic E-state index is 12.1. The van der Waals surface area contributed by atoms with Crippen molar-refractivity contribution in [2.75, 3.05) is 12.3 Å². The molecule has 0 aliphatic heterocycles. The summed E-state index contributed by atoms with van der Waals surface area (Å²) < 4.78 is -0.128. The lowest BCUT2D eigenvalue weighted by atomic mass is 10.1. The van der Waals surface area contributed by atoms with E-state index < -0.39 is 0 Å². The van der Waals surface area contributed by atoms with Gasteiger partial charge in [0, 0.05) is 22.8 Å². The molecule has 1 atom stereocenters. The zero-order chi connectivity index (χ0) is 14.3. The molecule has 1 unspecified atom stereocenters. The zero-order valence-corrected chi connectivity index (χ0v) is 14.5. The van der Waals surface area contributed by atoms with Gasteiger partial charge in [-0.3, -0.25) is 4.79 Å². The second kappa shape index (κ2) is 8.97. The zero-order valence-electron chi connectivity index (χ0n) is 11.6. The first-order valence-electron chi connectivity index (χ1n) is 6.73. The fourth-order valence-electron chi connectivity index (χ4n) is 1.77. The number of hydrogen-bond acceptors (Lipinski definition) is 3. The molecule has 1 aromatic rings. The third kappa shape index (κ3) is 5.44. The first-order chi connectivity index (χ1) is 9.12. The van der Waals surface area contributed by atoms with E-state index in [-0.39, 0.29) is 9.71 Å². The molecule has 0 spiro atoms. The van der Waals surface area contributed by atoms with Crippen molar-refractivity contribution in [1.82, 2.24) is 0 Å². The highest BCUT2D eigenvalue weighted by molar-refractivity contribution is 14.1. The van der Waals surface area contributed by atoms with Crippen LogP contribution >= 0.6 is 34.4 Å². The minimum atomic E-state index is -0.128. The highest BCUT2D eigenvalue weighted by Crippen LogP contribution is 2.25. The van der Waals surface area contributed by atoms with Crippen LogP contribution in [0.15, 0.2) is 29.2 Å². The molecule has 2 N–H and O–H groups in total. The van der Waals surface area contributed by atoms with Crippen LogP contribution in [0.2, 0.25) is 0 Å². The summed E-state index contributed by atoms with van der Waals surface area (Å²) in [4.78, 5) is 13.3. The normalized spacial score (nSPS) is 12.7. The van der Waals surface area contributed by atoms with Crippen molar-refractivity contribution in [3.8, 4) is 0 Å². The molecule has 0 saturated carbocycles. The lowest BCUT2D eigenvalue weighted by Gasteiger charge is -2.12. The van der Waals surface area contributed by atoms with Gasteiger partial charge in [0.15, 0.2) is 5.78 Å². The third-order valence-electron chi connectivity index (χ3n) is 3.25. The van der Waals surface area contributed by atoms with Gasteiger partial charge >= 0.3 is 0 Å². The van der Waals surface area contributed by atoms with Gasteiger partial charge in [-0.05, 0) is 18.1 Å². The highest BCUT2D eigenvalue weighted by Gasteiger charge is 2.15. The van der Waals surface area contributed by atoms with Crippen molar-refractivity contribution in [1.29, 1.82) is 0 Å². The van der Waals surface area contributed by atoms with Gasteiger partial charge in [-0.25, -0.2) is 0 Å². The van der Waals surface area contributed by atoms with Crippen LogP contribution in [0.3, 0.4) is 0 Å². The number of ketones is 1. The molecule has 4 heteroatoms. The third-order valence-corrected chi connectivity index (χ3v) is 5.55. The molecule has 0 heterocycles. The van der Waals surface area contributed by atoms with Crippen LogP contribution in [-0.2, 0) is 0 Å². The Balaban J connectivity index is 2.69. The number of carbonyl (C=O) groups is 1. The van der Waals surface area contributed by atoms with Gasteiger partial charge in [0.25, 0.3) is 0 Å². The summed E-state index contributed by atoms with van der Waals surface area (Å²) in [5, 5.41) is 0. The molecule has 0 amide bonds. The molecule has 0 fully saturated rings. The van der Waals surface area contributed by atoms with Crippen LogP contribution in [0.4, 0.5) is 0 Å². The molecular weight excluding hydrogens is 369 g/mol. The molecule has 0 aliphatic carbocycles. The number of alkyl halides is 1. The molecule has 0 aromatic heterocycles. The average molecular weight is 391 g/mol. The number of halogens is 1. The predicted molar refractivity (Wildman–Crippen MR) is 92.4 cm³/mol.